The number of nitrogens with zero attached hydrogens (tertiary/aromatic N) is 3. The fourth-order valence-corrected chi connectivity index (χ4v) is 6.56. The highest BCUT2D eigenvalue weighted by atomic mass is 32.2. The minimum absolute atomic E-state index is 0.0199. The molecule has 2 aromatic rings. The molecule has 1 aromatic carbocycles. The lowest BCUT2D eigenvalue weighted by atomic mass is 10.1. The Morgan fingerprint density at radius 1 is 1.03 bits per heavy atom. The Kier molecular flexibility index (Phi) is 5.69. The number of benzene rings is 1. The van der Waals surface area contributed by atoms with E-state index in [-0.39, 0.29) is 17.7 Å². The molecule has 0 aliphatic carbocycles. The van der Waals surface area contributed by atoms with Crippen LogP contribution in [0, 0.1) is 6.92 Å². The largest absolute Gasteiger partial charge is 0.339 e. The van der Waals surface area contributed by atoms with Crippen LogP contribution in [0.15, 0.2) is 48.5 Å². The van der Waals surface area contributed by atoms with Gasteiger partial charge in [-0.1, -0.05) is 24.3 Å². The lowest BCUT2D eigenvalue weighted by Gasteiger charge is -2.39. The van der Waals surface area contributed by atoms with Crippen molar-refractivity contribution >= 4 is 15.7 Å². The van der Waals surface area contributed by atoms with Crippen molar-refractivity contribution in [2.24, 2.45) is 0 Å². The predicted octanol–water partition coefficient (Wildman–Crippen LogP) is 2.29. The number of aryl methyl sites for hydroxylation is 1. The molecular weight excluding hydrogens is 386 g/mol. The van der Waals surface area contributed by atoms with Gasteiger partial charge >= 0.3 is 0 Å². The molecule has 0 N–H and O–H groups in total. The molecule has 1 amide bonds. The van der Waals surface area contributed by atoms with E-state index in [0.717, 1.165) is 11.4 Å². The molecule has 2 fully saturated rings. The summed E-state index contributed by atoms with van der Waals surface area (Å²) in [6.07, 6.45) is 1.15. The highest BCUT2D eigenvalue weighted by Crippen LogP contribution is 2.29. The van der Waals surface area contributed by atoms with Crippen molar-refractivity contribution in [1.29, 1.82) is 0 Å². The van der Waals surface area contributed by atoms with E-state index in [1.54, 1.807) is 0 Å². The summed E-state index contributed by atoms with van der Waals surface area (Å²) < 4.78 is 25.6. The summed E-state index contributed by atoms with van der Waals surface area (Å²) in [7, 11) is -3.15. The van der Waals surface area contributed by atoms with Gasteiger partial charge in [-0.25, -0.2) is 8.42 Å². The van der Waals surface area contributed by atoms with Gasteiger partial charge < -0.3 is 4.90 Å². The molecule has 2 aliphatic heterocycles. The number of amides is 1. The van der Waals surface area contributed by atoms with Gasteiger partial charge in [-0.05, 0) is 44.0 Å². The normalized spacial score (nSPS) is 24.5. The zero-order chi connectivity index (χ0) is 20.4. The standard InChI is InChI=1S/C22H27N3O3S/c1-17-6-5-9-19(23-17)16-25-14-15-29(27,28)21-11-13-24(12-10-20(21)25)22(26)18-7-3-2-4-8-18/h2-9,20-21H,10-16H2,1H3/t20-,21+/m0/s1. The molecule has 0 saturated carbocycles. The molecule has 6 nitrogen and oxygen atoms in total. The monoisotopic (exact) mass is 413 g/mol. The van der Waals surface area contributed by atoms with Gasteiger partial charge in [0.2, 0.25) is 0 Å². The van der Waals surface area contributed by atoms with Gasteiger partial charge in [0, 0.05) is 43.5 Å². The van der Waals surface area contributed by atoms with Crippen LogP contribution in [0.2, 0.25) is 0 Å². The summed E-state index contributed by atoms with van der Waals surface area (Å²) in [5.74, 6) is 0.153. The topological polar surface area (TPSA) is 70.6 Å². The first-order chi connectivity index (χ1) is 13.9. The first kappa shape index (κ1) is 20.0. The molecule has 2 atom stereocenters. The van der Waals surface area contributed by atoms with Gasteiger partial charge in [0.15, 0.2) is 9.84 Å². The molecular formula is C22H27N3O3S. The third-order valence-electron chi connectivity index (χ3n) is 6.02. The van der Waals surface area contributed by atoms with E-state index >= 15 is 0 Å². The number of likely N-dealkylation sites (tertiary alicyclic amines) is 1. The van der Waals surface area contributed by atoms with Crippen molar-refractivity contribution in [3.63, 3.8) is 0 Å². The first-order valence-electron chi connectivity index (χ1n) is 10.2. The zero-order valence-corrected chi connectivity index (χ0v) is 17.5. The van der Waals surface area contributed by atoms with Gasteiger partial charge in [0.05, 0.1) is 16.7 Å². The van der Waals surface area contributed by atoms with E-state index in [9.17, 15) is 13.2 Å². The lowest BCUT2D eigenvalue weighted by molar-refractivity contribution is 0.0756. The van der Waals surface area contributed by atoms with Crippen molar-refractivity contribution < 1.29 is 13.2 Å². The van der Waals surface area contributed by atoms with Crippen molar-refractivity contribution in [3.05, 3.63) is 65.5 Å². The minimum Gasteiger partial charge on any atom is -0.339 e. The summed E-state index contributed by atoms with van der Waals surface area (Å²) in [5, 5.41) is -0.422. The molecule has 0 unspecified atom stereocenters. The highest BCUT2D eigenvalue weighted by Gasteiger charge is 2.43. The van der Waals surface area contributed by atoms with Crippen LogP contribution >= 0.6 is 0 Å². The summed E-state index contributed by atoms with van der Waals surface area (Å²) in [6, 6.07) is 15.1. The van der Waals surface area contributed by atoms with Gasteiger partial charge in [-0.3, -0.25) is 14.7 Å². The van der Waals surface area contributed by atoms with Crippen LogP contribution < -0.4 is 0 Å². The fourth-order valence-electron chi connectivity index (χ4n) is 4.52. The second-order valence-corrected chi connectivity index (χ2v) is 10.3. The zero-order valence-electron chi connectivity index (χ0n) is 16.7. The van der Waals surface area contributed by atoms with Gasteiger partial charge in [0.1, 0.15) is 0 Å². The SMILES string of the molecule is Cc1cccc(CN2CCS(=O)(=O)[C@@H]3CCN(C(=O)c4ccccc4)CC[C@@H]32)n1. The van der Waals surface area contributed by atoms with Gasteiger partial charge in [0.25, 0.3) is 5.91 Å². The number of carbonyl (C=O) groups is 1. The molecule has 1 aromatic heterocycles. The molecule has 4 rings (SSSR count). The number of fused-ring (bicyclic) bond motifs is 1. The van der Waals surface area contributed by atoms with E-state index in [2.05, 4.69) is 9.88 Å². The quantitative estimate of drug-likeness (QED) is 0.772. The summed E-state index contributed by atoms with van der Waals surface area (Å²) in [4.78, 5) is 21.5. The van der Waals surface area contributed by atoms with Crippen molar-refractivity contribution in [1.82, 2.24) is 14.8 Å². The molecule has 154 valence electrons. The second kappa shape index (κ2) is 8.24. The Morgan fingerprint density at radius 2 is 1.79 bits per heavy atom. The van der Waals surface area contributed by atoms with E-state index < -0.39 is 15.1 Å². The molecule has 0 spiro atoms. The van der Waals surface area contributed by atoms with E-state index in [1.165, 1.54) is 0 Å². The molecule has 0 bridgehead atoms. The number of rotatable bonds is 3. The fraction of sp³-hybridized carbons (Fsp3) is 0.455. The average molecular weight is 414 g/mol. The number of sulfone groups is 1. The molecule has 3 heterocycles. The maximum absolute atomic E-state index is 12.9. The van der Waals surface area contributed by atoms with Crippen LogP contribution in [0.3, 0.4) is 0 Å². The predicted molar refractivity (Wildman–Crippen MR) is 112 cm³/mol. The summed E-state index contributed by atoms with van der Waals surface area (Å²) in [5.41, 5.74) is 2.58. The van der Waals surface area contributed by atoms with Crippen LogP contribution in [0.4, 0.5) is 0 Å². The molecule has 2 saturated heterocycles. The number of hydrogen-bond donors (Lipinski definition) is 0. The molecule has 2 aliphatic rings. The average Bonchev–Trinajstić information content (AvgIpc) is 2.95. The Bertz CT molecular complexity index is 978. The summed E-state index contributed by atoms with van der Waals surface area (Å²) >= 11 is 0. The molecule has 0 radical (unpaired) electrons. The van der Waals surface area contributed by atoms with Crippen LogP contribution in [0.25, 0.3) is 0 Å². The second-order valence-electron chi connectivity index (χ2n) is 7.95. The van der Waals surface area contributed by atoms with Crippen LogP contribution in [-0.4, -0.2) is 65.8 Å². The number of aromatic nitrogens is 1. The van der Waals surface area contributed by atoms with Gasteiger partial charge in [-0.2, -0.15) is 0 Å². The third kappa shape index (κ3) is 4.36. The Hall–Kier alpha value is -2.25. The van der Waals surface area contributed by atoms with Crippen molar-refractivity contribution in [2.45, 2.75) is 37.6 Å². The van der Waals surface area contributed by atoms with Crippen LogP contribution in [0.1, 0.15) is 34.6 Å². The van der Waals surface area contributed by atoms with Crippen molar-refractivity contribution in [2.75, 3.05) is 25.4 Å². The summed E-state index contributed by atoms with van der Waals surface area (Å²) in [6.45, 7) is 4.18. The Balaban J connectivity index is 1.54. The minimum atomic E-state index is -3.15. The van der Waals surface area contributed by atoms with Crippen LogP contribution in [0.5, 0.6) is 0 Å². The molecule has 29 heavy (non-hydrogen) atoms. The Labute approximate surface area is 172 Å². The Morgan fingerprint density at radius 3 is 2.55 bits per heavy atom. The highest BCUT2D eigenvalue weighted by molar-refractivity contribution is 7.92. The van der Waals surface area contributed by atoms with Gasteiger partial charge in [-0.15, -0.1) is 0 Å². The third-order valence-corrected chi connectivity index (χ3v) is 8.24. The number of carbonyl (C=O) groups excluding carboxylic acids is 1. The molecule has 7 heteroatoms. The smallest absolute Gasteiger partial charge is 0.253 e. The lowest BCUT2D eigenvalue weighted by Crippen LogP contribution is -2.54. The van der Waals surface area contributed by atoms with E-state index in [0.29, 0.717) is 44.6 Å². The van der Waals surface area contributed by atoms with E-state index in [4.69, 9.17) is 0 Å². The van der Waals surface area contributed by atoms with Crippen molar-refractivity contribution in [3.8, 4) is 0 Å². The maximum atomic E-state index is 12.9. The number of pyridine rings is 1. The first-order valence-corrected chi connectivity index (χ1v) is 11.9. The maximum Gasteiger partial charge on any atom is 0.253 e. The van der Waals surface area contributed by atoms with E-state index in [1.807, 2.05) is 60.4 Å². The van der Waals surface area contributed by atoms with Crippen LogP contribution in [-0.2, 0) is 16.4 Å². The number of hydrogen-bond acceptors (Lipinski definition) is 5.